The molecule has 1 amide bonds. The third-order valence-electron chi connectivity index (χ3n) is 4.49. The zero-order valence-electron chi connectivity index (χ0n) is 13.5. The van der Waals surface area contributed by atoms with Gasteiger partial charge in [-0.05, 0) is 49.9 Å². The first-order chi connectivity index (χ1) is 11.4. The lowest BCUT2D eigenvalue weighted by atomic mass is 9.93. The lowest BCUT2D eigenvalue weighted by Gasteiger charge is -2.31. The van der Waals surface area contributed by atoms with Crippen LogP contribution in [-0.4, -0.2) is 40.0 Å². The number of hydrogen-bond donors (Lipinski definition) is 1. The Hall–Kier alpha value is -1.95. The van der Waals surface area contributed by atoms with Crippen LogP contribution >= 0.6 is 15.9 Å². The van der Waals surface area contributed by atoms with Gasteiger partial charge in [-0.1, -0.05) is 15.9 Å². The van der Waals surface area contributed by atoms with Crippen LogP contribution in [0.4, 0.5) is 0 Å². The highest BCUT2D eigenvalue weighted by molar-refractivity contribution is 9.10. The third kappa shape index (κ3) is 3.59. The van der Waals surface area contributed by atoms with E-state index in [0.29, 0.717) is 18.7 Å². The lowest BCUT2D eigenvalue weighted by molar-refractivity contribution is -0.138. The predicted octanol–water partition coefficient (Wildman–Crippen LogP) is 3.63. The fraction of sp³-hybridized carbons (Fsp3) is 0.389. The van der Waals surface area contributed by atoms with E-state index < -0.39 is 5.97 Å². The topological polar surface area (TPSA) is 70.5 Å². The Bertz CT molecular complexity index is 798. The first-order valence-corrected chi connectivity index (χ1v) is 8.81. The molecule has 0 atom stereocenters. The van der Waals surface area contributed by atoms with Crippen molar-refractivity contribution in [2.24, 2.45) is 5.92 Å². The number of carboxylic acid groups (broad SMARTS) is 1. The van der Waals surface area contributed by atoms with Crippen LogP contribution in [0.1, 0.15) is 35.3 Å². The summed E-state index contributed by atoms with van der Waals surface area (Å²) in [6, 6.07) is 7.58. The predicted molar refractivity (Wildman–Crippen MR) is 95.1 cm³/mol. The van der Waals surface area contributed by atoms with Crippen LogP contribution in [0.3, 0.4) is 0 Å². The summed E-state index contributed by atoms with van der Waals surface area (Å²) < 4.78 is 0.912. The number of piperidine rings is 1. The van der Waals surface area contributed by atoms with Gasteiger partial charge in [-0.15, -0.1) is 0 Å². The number of aromatic nitrogens is 1. The number of aliphatic carboxylic acids is 1. The molecular formula is C18H19BrN2O3. The summed E-state index contributed by atoms with van der Waals surface area (Å²) in [5.41, 5.74) is 2.28. The van der Waals surface area contributed by atoms with Crippen molar-refractivity contribution in [3.05, 3.63) is 40.0 Å². The van der Waals surface area contributed by atoms with E-state index in [4.69, 9.17) is 5.11 Å². The largest absolute Gasteiger partial charge is 0.481 e. The van der Waals surface area contributed by atoms with Crippen LogP contribution in [0.15, 0.2) is 28.7 Å². The van der Waals surface area contributed by atoms with E-state index in [1.54, 1.807) is 0 Å². The van der Waals surface area contributed by atoms with Gasteiger partial charge in [0.1, 0.15) is 0 Å². The van der Waals surface area contributed by atoms with Gasteiger partial charge in [-0.2, -0.15) is 0 Å². The van der Waals surface area contributed by atoms with Crippen molar-refractivity contribution in [1.29, 1.82) is 0 Å². The van der Waals surface area contributed by atoms with E-state index in [9.17, 15) is 9.59 Å². The number of rotatable bonds is 3. The van der Waals surface area contributed by atoms with Crippen LogP contribution in [-0.2, 0) is 4.79 Å². The minimum absolute atomic E-state index is 0.00243. The van der Waals surface area contributed by atoms with Crippen LogP contribution in [0.25, 0.3) is 10.9 Å². The number of amides is 1. The SMILES string of the molecule is Cc1cc(C(=O)N2CCC(CC(=O)O)CC2)c2cc(Br)ccc2n1. The number of hydrogen-bond acceptors (Lipinski definition) is 3. The zero-order valence-corrected chi connectivity index (χ0v) is 15.0. The van der Waals surface area contributed by atoms with Crippen LogP contribution in [0, 0.1) is 12.8 Å². The second-order valence-corrected chi connectivity index (χ2v) is 7.22. The number of fused-ring (bicyclic) bond motifs is 1. The first-order valence-electron chi connectivity index (χ1n) is 8.02. The monoisotopic (exact) mass is 390 g/mol. The molecule has 0 radical (unpaired) electrons. The molecule has 3 rings (SSSR count). The summed E-state index contributed by atoms with van der Waals surface area (Å²) in [5.74, 6) is -0.602. The maximum absolute atomic E-state index is 13.0. The van der Waals surface area contributed by atoms with Crippen molar-refractivity contribution in [3.8, 4) is 0 Å². The average Bonchev–Trinajstić information content (AvgIpc) is 2.54. The molecule has 2 heterocycles. The number of carboxylic acids is 1. The molecule has 1 aromatic heterocycles. The molecule has 1 fully saturated rings. The third-order valence-corrected chi connectivity index (χ3v) is 4.99. The number of halogens is 1. The van der Waals surface area contributed by atoms with Gasteiger partial charge < -0.3 is 10.0 Å². The van der Waals surface area contributed by atoms with Gasteiger partial charge in [0.15, 0.2) is 0 Å². The molecule has 2 aromatic rings. The summed E-state index contributed by atoms with van der Waals surface area (Å²) in [5, 5.41) is 9.74. The second-order valence-electron chi connectivity index (χ2n) is 6.31. The minimum atomic E-state index is -0.764. The Labute approximate surface area is 148 Å². The molecule has 1 aliphatic heterocycles. The smallest absolute Gasteiger partial charge is 0.303 e. The van der Waals surface area contributed by atoms with E-state index in [1.807, 2.05) is 36.1 Å². The van der Waals surface area contributed by atoms with E-state index in [1.165, 1.54) is 0 Å². The maximum atomic E-state index is 13.0. The van der Waals surface area contributed by atoms with E-state index in [-0.39, 0.29) is 18.2 Å². The molecule has 1 aliphatic rings. The van der Waals surface area contributed by atoms with Crippen molar-refractivity contribution < 1.29 is 14.7 Å². The number of aryl methyl sites for hydroxylation is 1. The Morgan fingerprint density at radius 3 is 2.67 bits per heavy atom. The molecule has 0 saturated carbocycles. The number of benzene rings is 1. The summed E-state index contributed by atoms with van der Waals surface area (Å²) in [6.45, 7) is 3.10. The average molecular weight is 391 g/mol. The maximum Gasteiger partial charge on any atom is 0.303 e. The van der Waals surface area contributed by atoms with Crippen molar-refractivity contribution in [2.75, 3.05) is 13.1 Å². The molecule has 24 heavy (non-hydrogen) atoms. The highest BCUT2D eigenvalue weighted by Crippen LogP contribution is 2.26. The molecule has 6 heteroatoms. The molecule has 126 valence electrons. The summed E-state index contributed by atoms with van der Waals surface area (Å²) in [7, 11) is 0. The zero-order chi connectivity index (χ0) is 17.3. The van der Waals surface area contributed by atoms with E-state index in [2.05, 4.69) is 20.9 Å². The van der Waals surface area contributed by atoms with Crippen molar-refractivity contribution in [1.82, 2.24) is 9.88 Å². The summed E-state index contributed by atoms with van der Waals surface area (Å²) in [6.07, 6.45) is 1.67. The van der Waals surface area contributed by atoms with Gasteiger partial charge in [-0.3, -0.25) is 14.6 Å². The minimum Gasteiger partial charge on any atom is -0.481 e. The number of pyridine rings is 1. The summed E-state index contributed by atoms with van der Waals surface area (Å²) >= 11 is 3.45. The first kappa shape index (κ1) is 16.9. The fourth-order valence-corrected chi connectivity index (χ4v) is 3.63. The van der Waals surface area contributed by atoms with Crippen molar-refractivity contribution in [2.45, 2.75) is 26.2 Å². The van der Waals surface area contributed by atoms with Crippen LogP contribution in [0.5, 0.6) is 0 Å². The molecule has 1 N–H and O–H groups in total. The molecule has 5 nitrogen and oxygen atoms in total. The Balaban J connectivity index is 1.84. The molecule has 0 bridgehead atoms. The highest BCUT2D eigenvalue weighted by Gasteiger charge is 2.26. The van der Waals surface area contributed by atoms with Crippen LogP contribution < -0.4 is 0 Å². The molecule has 1 aromatic carbocycles. The number of nitrogens with zero attached hydrogens (tertiary/aromatic N) is 2. The Morgan fingerprint density at radius 2 is 2.00 bits per heavy atom. The lowest BCUT2D eigenvalue weighted by Crippen LogP contribution is -2.39. The van der Waals surface area contributed by atoms with Gasteiger partial charge >= 0.3 is 5.97 Å². The van der Waals surface area contributed by atoms with Gasteiger partial charge in [0.25, 0.3) is 5.91 Å². The molecule has 1 saturated heterocycles. The van der Waals surface area contributed by atoms with Crippen LogP contribution in [0.2, 0.25) is 0 Å². The fourth-order valence-electron chi connectivity index (χ4n) is 3.26. The normalized spacial score (nSPS) is 15.7. The highest BCUT2D eigenvalue weighted by atomic mass is 79.9. The molecule has 0 unspecified atom stereocenters. The van der Waals surface area contributed by atoms with E-state index >= 15 is 0 Å². The Morgan fingerprint density at radius 1 is 1.29 bits per heavy atom. The number of likely N-dealkylation sites (tertiary alicyclic amines) is 1. The number of carbonyl (C=O) groups is 2. The van der Waals surface area contributed by atoms with Gasteiger partial charge in [0.05, 0.1) is 11.1 Å². The summed E-state index contributed by atoms with van der Waals surface area (Å²) in [4.78, 5) is 30.1. The van der Waals surface area contributed by atoms with Crippen molar-refractivity contribution >= 4 is 38.7 Å². The molecule has 0 aliphatic carbocycles. The Kier molecular flexibility index (Phi) is 4.85. The molecular weight excluding hydrogens is 372 g/mol. The van der Waals surface area contributed by atoms with Gasteiger partial charge in [-0.25, -0.2) is 0 Å². The quantitative estimate of drug-likeness (QED) is 0.868. The van der Waals surface area contributed by atoms with Gasteiger partial charge in [0, 0.05) is 35.1 Å². The standard InChI is InChI=1S/C18H19BrN2O3/c1-11-8-15(14-10-13(19)2-3-16(14)20-11)18(24)21-6-4-12(5-7-21)9-17(22)23/h2-3,8,10,12H,4-7,9H2,1H3,(H,22,23). The second kappa shape index (κ2) is 6.89. The van der Waals surface area contributed by atoms with E-state index in [0.717, 1.165) is 33.9 Å². The van der Waals surface area contributed by atoms with Crippen molar-refractivity contribution in [3.63, 3.8) is 0 Å². The van der Waals surface area contributed by atoms with Gasteiger partial charge in [0.2, 0.25) is 0 Å². The molecule has 0 spiro atoms. The number of carbonyl (C=O) groups excluding carboxylic acids is 1.